The molecule has 1 fully saturated rings. The first-order chi connectivity index (χ1) is 18.5. The molecule has 0 saturated carbocycles. The Morgan fingerprint density at radius 1 is 1.03 bits per heavy atom. The van der Waals surface area contributed by atoms with Gasteiger partial charge >= 0.3 is 0 Å². The van der Waals surface area contributed by atoms with Crippen LogP contribution in [0.5, 0.6) is 5.75 Å². The Labute approximate surface area is 227 Å². The maximum Gasteiger partial charge on any atom is 0.253 e. The summed E-state index contributed by atoms with van der Waals surface area (Å²) in [7, 11) is 1.79. The summed E-state index contributed by atoms with van der Waals surface area (Å²) < 4.78 is 11.8. The van der Waals surface area contributed by atoms with E-state index in [0.29, 0.717) is 38.2 Å². The van der Waals surface area contributed by atoms with E-state index in [1.165, 1.54) is 0 Å². The van der Waals surface area contributed by atoms with Crippen LogP contribution in [0.1, 0.15) is 32.2 Å². The van der Waals surface area contributed by atoms with Crippen LogP contribution in [0.15, 0.2) is 47.8 Å². The van der Waals surface area contributed by atoms with Gasteiger partial charge in [0.15, 0.2) is 0 Å². The highest BCUT2D eigenvalue weighted by Crippen LogP contribution is 2.29. The maximum atomic E-state index is 13.2. The van der Waals surface area contributed by atoms with Gasteiger partial charge in [0.2, 0.25) is 5.91 Å². The minimum atomic E-state index is -0.0509. The summed E-state index contributed by atoms with van der Waals surface area (Å²) in [5.41, 5.74) is 4.67. The fourth-order valence-electron chi connectivity index (χ4n) is 4.87. The van der Waals surface area contributed by atoms with Gasteiger partial charge in [-0.25, -0.2) is 4.98 Å². The zero-order chi connectivity index (χ0) is 26.5. The number of likely N-dealkylation sites (N-methyl/N-ethyl adjacent to an activating group) is 1. The molecular formula is C29H34N4O4S. The van der Waals surface area contributed by atoms with Gasteiger partial charge in [0.1, 0.15) is 12.4 Å². The largest absolute Gasteiger partial charge is 0.491 e. The second-order valence-electron chi connectivity index (χ2n) is 9.76. The monoisotopic (exact) mass is 534 g/mol. The molecule has 2 aliphatic rings. The number of amides is 2. The summed E-state index contributed by atoms with van der Waals surface area (Å²) in [6.07, 6.45) is 0.883. The average molecular weight is 535 g/mol. The fourth-order valence-corrected chi connectivity index (χ4v) is 5.49. The summed E-state index contributed by atoms with van der Waals surface area (Å²) >= 11 is 1.54. The van der Waals surface area contributed by atoms with Crippen molar-refractivity contribution in [1.82, 2.24) is 14.8 Å². The Morgan fingerprint density at radius 2 is 1.87 bits per heavy atom. The molecule has 0 radical (unpaired) electrons. The lowest BCUT2D eigenvalue weighted by atomic mass is 10.0. The number of carbonyl (C=O) groups excluding carboxylic acids is 2. The number of hydrogen-bond acceptors (Lipinski definition) is 7. The van der Waals surface area contributed by atoms with Gasteiger partial charge in [-0.1, -0.05) is 12.1 Å². The number of morpholine rings is 1. The van der Waals surface area contributed by atoms with Gasteiger partial charge in [-0.15, -0.1) is 11.3 Å². The van der Waals surface area contributed by atoms with Crippen molar-refractivity contribution in [1.29, 1.82) is 0 Å². The van der Waals surface area contributed by atoms with Gasteiger partial charge < -0.3 is 24.2 Å². The van der Waals surface area contributed by atoms with E-state index in [4.69, 9.17) is 9.47 Å². The molecule has 9 heteroatoms. The maximum absolute atomic E-state index is 13.2. The second kappa shape index (κ2) is 12.0. The molecule has 8 nitrogen and oxygen atoms in total. The highest BCUT2D eigenvalue weighted by atomic mass is 32.1. The number of carbonyl (C=O) groups is 2. The lowest BCUT2D eigenvalue weighted by Crippen LogP contribution is -2.42. The third kappa shape index (κ3) is 6.34. The summed E-state index contributed by atoms with van der Waals surface area (Å²) in [5, 5.41) is 2.87. The number of rotatable bonds is 3. The molecule has 2 amide bonds. The molecule has 2 bridgehead atoms. The first kappa shape index (κ1) is 26.2. The van der Waals surface area contributed by atoms with Crippen LogP contribution in [0.4, 0.5) is 5.69 Å². The van der Waals surface area contributed by atoms with Crippen LogP contribution in [0, 0.1) is 6.92 Å². The van der Waals surface area contributed by atoms with Gasteiger partial charge in [0, 0.05) is 61.8 Å². The highest BCUT2D eigenvalue weighted by Gasteiger charge is 2.20. The third-order valence-corrected chi connectivity index (χ3v) is 7.83. The predicted molar refractivity (Wildman–Crippen MR) is 148 cm³/mol. The molecule has 1 aromatic heterocycles. The molecule has 0 spiro atoms. The molecule has 0 unspecified atom stereocenters. The van der Waals surface area contributed by atoms with E-state index in [1.54, 1.807) is 28.2 Å². The molecule has 3 heterocycles. The summed E-state index contributed by atoms with van der Waals surface area (Å²) in [6, 6.07) is 14.1. The number of anilines is 1. The third-order valence-electron chi connectivity index (χ3n) is 7.01. The SMILES string of the molecule is Cc1nc(CC(=O)N2CCOc3ccc(N4CCOCC4)cc3Cc3cccc(c3)C(=O)N(C)CC2)cs1. The average Bonchev–Trinajstić information content (AvgIpc) is 3.34. The lowest BCUT2D eigenvalue weighted by molar-refractivity contribution is -0.131. The predicted octanol–water partition coefficient (Wildman–Crippen LogP) is 3.41. The number of fused-ring (bicyclic) bond motifs is 3. The van der Waals surface area contributed by atoms with Crippen LogP contribution >= 0.6 is 11.3 Å². The van der Waals surface area contributed by atoms with E-state index in [2.05, 4.69) is 28.1 Å². The first-order valence-electron chi connectivity index (χ1n) is 13.1. The molecule has 5 rings (SSSR count). The van der Waals surface area contributed by atoms with Crippen LogP contribution in [0.3, 0.4) is 0 Å². The number of aryl methyl sites for hydroxylation is 1. The molecular weight excluding hydrogens is 500 g/mol. The summed E-state index contributed by atoms with van der Waals surface area (Å²) in [6.45, 7) is 6.73. The first-order valence-corrected chi connectivity index (χ1v) is 14.0. The van der Waals surface area contributed by atoms with E-state index < -0.39 is 0 Å². The molecule has 1 saturated heterocycles. The quantitative estimate of drug-likeness (QED) is 0.513. The Hall–Kier alpha value is -3.43. The Morgan fingerprint density at radius 3 is 2.66 bits per heavy atom. The van der Waals surface area contributed by atoms with Crippen LogP contribution in [0.25, 0.3) is 0 Å². The number of hydrogen-bond donors (Lipinski definition) is 0. The molecule has 200 valence electrons. The van der Waals surface area contributed by atoms with E-state index in [9.17, 15) is 9.59 Å². The molecule has 2 aromatic carbocycles. The van der Waals surface area contributed by atoms with E-state index >= 15 is 0 Å². The standard InChI is InChI=1S/C29H34N4O4S/c1-21-30-25(20-38-21)19-28(34)33-9-8-31(2)29(35)23-5-3-4-22(16-23)17-24-18-26(32-10-13-36-14-11-32)6-7-27(24)37-15-12-33/h3-7,16,18,20H,8-15,17,19H2,1-2H3. The van der Waals surface area contributed by atoms with Crippen LogP contribution in [0.2, 0.25) is 0 Å². The number of benzene rings is 2. The normalized spacial score (nSPS) is 17.0. The number of aromatic nitrogens is 1. The van der Waals surface area contributed by atoms with Gasteiger partial charge in [-0.3, -0.25) is 9.59 Å². The van der Waals surface area contributed by atoms with Crippen molar-refractivity contribution in [3.05, 3.63) is 75.2 Å². The molecule has 3 aromatic rings. The highest BCUT2D eigenvalue weighted by molar-refractivity contribution is 7.09. The van der Waals surface area contributed by atoms with Gasteiger partial charge in [-0.05, 0) is 42.8 Å². The van der Waals surface area contributed by atoms with Crippen molar-refractivity contribution in [2.75, 3.05) is 64.5 Å². The van der Waals surface area contributed by atoms with E-state index in [1.807, 2.05) is 36.6 Å². The summed E-state index contributed by atoms with van der Waals surface area (Å²) in [4.78, 5) is 36.7. The van der Waals surface area contributed by atoms with Crippen molar-refractivity contribution in [3.8, 4) is 5.75 Å². The van der Waals surface area contributed by atoms with Crippen molar-refractivity contribution in [2.45, 2.75) is 19.8 Å². The lowest BCUT2D eigenvalue weighted by Gasteiger charge is -2.30. The van der Waals surface area contributed by atoms with Gasteiger partial charge in [-0.2, -0.15) is 0 Å². The van der Waals surface area contributed by atoms with Crippen molar-refractivity contribution in [3.63, 3.8) is 0 Å². The Bertz CT molecular complexity index is 1290. The molecule has 0 N–H and O–H groups in total. The fraction of sp³-hybridized carbons (Fsp3) is 0.414. The Balaban J connectivity index is 1.42. The number of thiazole rings is 1. The van der Waals surface area contributed by atoms with Gasteiger partial charge in [0.25, 0.3) is 5.91 Å². The van der Waals surface area contributed by atoms with Crippen LogP contribution in [-0.2, 0) is 22.4 Å². The minimum Gasteiger partial charge on any atom is -0.491 e. The van der Waals surface area contributed by atoms with Gasteiger partial charge in [0.05, 0.1) is 36.9 Å². The molecule has 2 aliphatic heterocycles. The van der Waals surface area contributed by atoms with E-state index in [0.717, 1.165) is 59.6 Å². The molecule has 38 heavy (non-hydrogen) atoms. The second-order valence-corrected chi connectivity index (χ2v) is 10.8. The van der Waals surface area contributed by atoms with Crippen molar-refractivity contribution in [2.24, 2.45) is 0 Å². The zero-order valence-electron chi connectivity index (χ0n) is 22.0. The molecule has 0 atom stereocenters. The summed E-state index contributed by atoms with van der Waals surface area (Å²) in [5.74, 6) is 0.733. The topological polar surface area (TPSA) is 75.2 Å². The molecule has 0 aliphatic carbocycles. The Kier molecular flexibility index (Phi) is 8.24. The van der Waals surface area contributed by atoms with Crippen molar-refractivity contribution >= 4 is 28.8 Å². The minimum absolute atomic E-state index is 0.0169. The number of ether oxygens (including phenoxy) is 2. The number of nitrogens with zero attached hydrogens (tertiary/aromatic N) is 4. The van der Waals surface area contributed by atoms with Crippen LogP contribution in [-0.4, -0.2) is 86.2 Å². The van der Waals surface area contributed by atoms with Crippen molar-refractivity contribution < 1.29 is 19.1 Å². The smallest absolute Gasteiger partial charge is 0.253 e. The zero-order valence-corrected chi connectivity index (χ0v) is 22.8. The van der Waals surface area contributed by atoms with Crippen LogP contribution < -0.4 is 9.64 Å². The van der Waals surface area contributed by atoms with E-state index in [-0.39, 0.29) is 18.2 Å².